The van der Waals surface area contributed by atoms with Crippen LogP contribution in [0.3, 0.4) is 0 Å². The van der Waals surface area contributed by atoms with E-state index < -0.39 is 4.92 Å². The summed E-state index contributed by atoms with van der Waals surface area (Å²) in [7, 11) is 1.72. The number of allylic oxidation sites excluding steroid dienone is 1. The van der Waals surface area contributed by atoms with Crippen molar-refractivity contribution in [3.63, 3.8) is 0 Å². The van der Waals surface area contributed by atoms with Crippen molar-refractivity contribution in [1.29, 1.82) is 0 Å². The molecule has 0 amide bonds. The number of carbonyl (C=O) groups is 1. The van der Waals surface area contributed by atoms with E-state index in [0.717, 1.165) is 5.56 Å². The summed E-state index contributed by atoms with van der Waals surface area (Å²) in [6.07, 6.45) is 2.87. The molecule has 2 N–H and O–H groups in total. The molecule has 0 radical (unpaired) electrons. The number of benzene rings is 2. The van der Waals surface area contributed by atoms with Crippen LogP contribution in [0.1, 0.15) is 15.9 Å². The predicted octanol–water partition coefficient (Wildman–Crippen LogP) is 3.75. The van der Waals surface area contributed by atoms with Crippen LogP contribution in [-0.4, -0.2) is 17.8 Å². The van der Waals surface area contributed by atoms with Crippen LogP contribution in [0.2, 0.25) is 0 Å². The van der Waals surface area contributed by atoms with E-state index in [2.05, 4.69) is 10.6 Å². The van der Waals surface area contributed by atoms with E-state index in [1.165, 1.54) is 24.4 Å². The molecule has 0 aliphatic carbocycles. The molecule has 2 aromatic carbocycles. The smallest absolute Gasteiger partial charge is 0.271 e. The van der Waals surface area contributed by atoms with Crippen molar-refractivity contribution >= 4 is 22.8 Å². The molecule has 6 heteroatoms. The lowest BCUT2D eigenvalue weighted by Crippen LogP contribution is -1.99. The molecule has 6 nitrogen and oxygen atoms in total. The third kappa shape index (κ3) is 4.16. The first-order chi connectivity index (χ1) is 11.0. The number of nitrogens with zero attached hydrogens (tertiary/aromatic N) is 1. The number of nitro benzene ring substituents is 1. The van der Waals surface area contributed by atoms with E-state index in [0.29, 0.717) is 16.9 Å². The molecule has 0 heterocycles. The fourth-order valence-corrected chi connectivity index (χ4v) is 2.00. The number of non-ortho nitro benzene ring substituents is 1. The number of hydrogen-bond donors (Lipinski definition) is 2. The molecule has 118 valence electrons. The van der Waals surface area contributed by atoms with Crippen LogP contribution in [0.25, 0.3) is 0 Å². The van der Waals surface area contributed by atoms with E-state index >= 15 is 0 Å². The molecule has 0 aliphatic rings. The number of nitro groups is 1. The molecular formula is C17H17N3O3. The third-order valence-corrected chi connectivity index (χ3v) is 3.29. The second kappa shape index (κ2) is 7.22. The molecule has 2 aromatic rings. The molecule has 0 saturated heterocycles. The quantitative estimate of drug-likeness (QED) is 0.367. The van der Waals surface area contributed by atoms with E-state index in [9.17, 15) is 14.9 Å². The molecule has 0 atom stereocenters. The zero-order valence-electron chi connectivity index (χ0n) is 12.9. The Morgan fingerprint density at radius 3 is 2.43 bits per heavy atom. The largest absolute Gasteiger partial charge is 0.386 e. The highest BCUT2D eigenvalue weighted by molar-refractivity contribution is 6.04. The van der Waals surface area contributed by atoms with Gasteiger partial charge in [-0.05, 0) is 13.0 Å². The average Bonchev–Trinajstić information content (AvgIpc) is 2.55. The minimum Gasteiger partial charge on any atom is -0.386 e. The van der Waals surface area contributed by atoms with Crippen LogP contribution in [0, 0.1) is 17.0 Å². The zero-order valence-corrected chi connectivity index (χ0v) is 12.9. The first kappa shape index (κ1) is 16.2. The van der Waals surface area contributed by atoms with E-state index in [4.69, 9.17) is 0 Å². The maximum atomic E-state index is 12.0. The van der Waals surface area contributed by atoms with Crippen molar-refractivity contribution in [1.82, 2.24) is 0 Å². The van der Waals surface area contributed by atoms with Crippen LogP contribution < -0.4 is 10.6 Å². The molecule has 0 aliphatic heterocycles. The average molecular weight is 311 g/mol. The normalized spacial score (nSPS) is 10.5. The Balaban J connectivity index is 2.13. The first-order valence-corrected chi connectivity index (χ1v) is 7.01. The highest BCUT2D eigenvalue weighted by atomic mass is 16.6. The molecular weight excluding hydrogens is 294 g/mol. The van der Waals surface area contributed by atoms with Crippen LogP contribution in [0.4, 0.5) is 17.1 Å². The van der Waals surface area contributed by atoms with Gasteiger partial charge in [0.15, 0.2) is 5.78 Å². The lowest BCUT2D eigenvalue weighted by Gasteiger charge is -2.08. The maximum absolute atomic E-state index is 12.0. The second-order valence-corrected chi connectivity index (χ2v) is 4.94. The van der Waals surface area contributed by atoms with Crippen LogP contribution in [-0.2, 0) is 0 Å². The van der Waals surface area contributed by atoms with Crippen molar-refractivity contribution < 1.29 is 9.72 Å². The zero-order chi connectivity index (χ0) is 16.8. The highest BCUT2D eigenvalue weighted by Gasteiger charge is 2.09. The number of hydrogen-bond acceptors (Lipinski definition) is 5. The fourth-order valence-electron chi connectivity index (χ4n) is 2.00. The van der Waals surface area contributed by atoms with Crippen molar-refractivity contribution in [3.05, 3.63) is 76.0 Å². The number of ketones is 1. The lowest BCUT2D eigenvalue weighted by atomic mass is 10.1. The minimum atomic E-state index is -0.466. The van der Waals surface area contributed by atoms with Crippen molar-refractivity contribution in [3.8, 4) is 0 Å². The Labute approximate surface area is 134 Å². The predicted molar refractivity (Wildman–Crippen MR) is 90.9 cm³/mol. The van der Waals surface area contributed by atoms with Gasteiger partial charge in [0.05, 0.1) is 16.3 Å². The van der Waals surface area contributed by atoms with Gasteiger partial charge >= 0.3 is 0 Å². The summed E-state index contributed by atoms with van der Waals surface area (Å²) in [5.74, 6) is -0.145. The van der Waals surface area contributed by atoms with E-state index in [1.54, 1.807) is 25.2 Å². The summed E-state index contributed by atoms with van der Waals surface area (Å²) in [5.41, 5.74) is 2.86. The standard InChI is InChI=1S/C17H17N3O3/c1-12-3-5-13(6-4-12)17(21)9-10-19-16-11-14(20(22)23)7-8-15(16)18-2/h3-11,18-19H,1-2H3/b10-9+. The van der Waals surface area contributed by atoms with Gasteiger partial charge in [-0.15, -0.1) is 0 Å². The Morgan fingerprint density at radius 1 is 1.13 bits per heavy atom. The van der Waals surface area contributed by atoms with Crippen LogP contribution >= 0.6 is 0 Å². The molecule has 0 fully saturated rings. The number of aryl methyl sites for hydroxylation is 1. The summed E-state index contributed by atoms with van der Waals surface area (Å²) >= 11 is 0. The number of carbonyl (C=O) groups excluding carboxylic acids is 1. The first-order valence-electron chi connectivity index (χ1n) is 7.01. The van der Waals surface area contributed by atoms with E-state index in [1.807, 2.05) is 19.1 Å². The summed E-state index contributed by atoms with van der Waals surface area (Å²) < 4.78 is 0. The number of rotatable bonds is 6. The van der Waals surface area contributed by atoms with Gasteiger partial charge < -0.3 is 10.6 Å². The van der Waals surface area contributed by atoms with Crippen molar-refractivity contribution in [2.24, 2.45) is 0 Å². The minimum absolute atomic E-state index is 0.0234. The molecule has 0 saturated carbocycles. The van der Waals surface area contributed by atoms with Crippen molar-refractivity contribution in [2.75, 3.05) is 17.7 Å². The van der Waals surface area contributed by atoms with Gasteiger partial charge in [-0.3, -0.25) is 14.9 Å². The molecule has 0 spiro atoms. The Hall–Kier alpha value is -3.15. The van der Waals surface area contributed by atoms with Gasteiger partial charge in [-0.1, -0.05) is 29.8 Å². The monoisotopic (exact) mass is 311 g/mol. The van der Waals surface area contributed by atoms with E-state index in [-0.39, 0.29) is 11.5 Å². The summed E-state index contributed by atoms with van der Waals surface area (Å²) in [6, 6.07) is 11.7. The van der Waals surface area contributed by atoms with Crippen LogP contribution in [0.5, 0.6) is 0 Å². The van der Waals surface area contributed by atoms with Gasteiger partial charge in [-0.2, -0.15) is 0 Å². The van der Waals surface area contributed by atoms with Gasteiger partial charge in [0.1, 0.15) is 0 Å². The Morgan fingerprint density at radius 2 is 1.83 bits per heavy atom. The van der Waals surface area contributed by atoms with Gasteiger partial charge in [0.2, 0.25) is 0 Å². The molecule has 0 bridgehead atoms. The molecule has 0 unspecified atom stereocenters. The fraction of sp³-hybridized carbons (Fsp3) is 0.118. The molecule has 2 rings (SSSR count). The Kier molecular flexibility index (Phi) is 5.09. The van der Waals surface area contributed by atoms with Gasteiger partial charge in [0.25, 0.3) is 5.69 Å². The van der Waals surface area contributed by atoms with Crippen LogP contribution in [0.15, 0.2) is 54.7 Å². The molecule has 23 heavy (non-hydrogen) atoms. The Bertz CT molecular complexity index is 752. The molecule has 0 aromatic heterocycles. The third-order valence-electron chi connectivity index (χ3n) is 3.29. The maximum Gasteiger partial charge on any atom is 0.271 e. The number of anilines is 2. The van der Waals surface area contributed by atoms with Gasteiger partial charge in [-0.25, -0.2) is 0 Å². The topological polar surface area (TPSA) is 84.3 Å². The summed E-state index contributed by atoms with van der Waals surface area (Å²) in [6.45, 7) is 1.95. The SMILES string of the molecule is CNc1ccc([N+](=O)[O-])cc1N/C=C/C(=O)c1ccc(C)cc1. The lowest BCUT2D eigenvalue weighted by molar-refractivity contribution is -0.384. The number of nitrogens with one attached hydrogen (secondary N) is 2. The summed E-state index contributed by atoms with van der Waals surface area (Å²) in [5, 5.41) is 16.7. The van der Waals surface area contributed by atoms with Crippen molar-refractivity contribution in [2.45, 2.75) is 6.92 Å². The summed E-state index contributed by atoms with van der Waals surface area (Å²) in [4.78, 5) is 22.4. The second-order valence-electron chi connectivity index (χ2n) is 4.94. The highest BCUT2D eigenvalue weighted by Crippen LogP contribution is 2.26. The van der Waals surface area contributed by atoms with Gasteiger partial charge in [0, 0.05) is 37.0 Å².